The van der Waals surface area contributed by atoms with Crippen LogP contribution in [0, 0.1) is 11.8 Å². The van der Waals surface area contributed by atoms with Gasteiger partial charge in [-0.15, -0.1) is 0 Å². The number of methoxy groups -OCH3 is 2. The van der Waals surface area contributed by atoms with Gasteiger partial charge in [-0.25, -0.2) is 0 Å². The van der Waals surface area contributed by atoms with Crippen LogP contribution < -0.4 is 9.47 Å². The van der Waals surface area contributed by atoms with E-state index in [1.807, 2.05) is 23.1 Å². The molecule has 0 spiro atoms. The van der Waals surface area contributed by atoms with Gasteiger partial charge in [0.2, 0.25) is 5.91 Å². The summed E-state index contributed by atoms with van der Waals surface area (Å²) in [6, 6.07) is 7.66. The van der Waals surface area contributed by atoms with Crippen LogP contribution in [0.5, 0.6) is 11.5 Å². The monoisotopic (exact) mass is 424 g/mol. The van der Waals surface area contributed by atoms with Crippen LogP contribution in [0.25, 0.3) is 11.3 Å². The molecule has 2 aromatic rings. The van der Waals surface area contributed by atoms with Gasteiger partial charge in [-0.2, -0.15) is 5.10 Å². The second-order valence-electron chi connectivity index (χ2n) is 8.81. The van der Waals surface area contributed by atoms with Gasteiger partial charge >= 0.3 is 0 Å². The number of ether oxygens (including phenoxy) is 2. The van der Waals surface area contributed by atoms with E-state index in [-0.39, 0.29) is 11.9 Å². The maximum Gasteiger partial charge on any atom is 0.271 e. The van der Waals surface area contributed by atoms with E-state index >= 15 is 0 Å². The molecule has 0 saturated carbocycles. The highest BCUT2D eigenvalue weighted by Crippen LogP contribution is 2.38. The molecule has 3 atom stereocenters. The Labute approximate surface area is 181 Å². The standard InChI is InChI=1S/C23H28N4O4/c1-30-20-7-6-15(9-21(20)31-2)17-10-18(25-24-17)23(29)26-11-14-8-16(13-26)19-4-3-5-22(28)27(19)12-14/h6-7,9-10,14,16,19H,3-5,8,11-13H2,1-2H3,(H,24,25)/t14-,16+,19-/m1/s1. The van der Waals surface area contributed by atoms with Gasteiger partial charge in [0.25, 0.3) is 5.91 Å². The number of H-pyrrole nitrogens is 1. The summed E-state index contributed by atoms with van der Waals surface area (Å²) in [6.07, 6.45) is 3.80. The predicted octanol–water partition coefficient (Wildman–Crippen LogP) is 2.57. The fourth-order valence-corrected chi connectivity index (χ4v) is 5.52. The summed E-state index contributed by atoms with van der Waals surface area (Å²) in [6.45, 7) is 2.18. The molecule has 8 heteroatoms. The summed E-state index contributed by atoms with van der Waals surface area (Å²) < 4.78 is 10.7. The smallest absolute Gasteiger partial charge is 0.271 e. The Bertz CT molecular complexity index is 1000. The SMILES string of the molecule is COc1ccc(-c2cc(C(=O)N3C[C@H]4C[C@@H](C3)[C@H]3CCCC(=O)N3C4)[nH]n2)cc1OC. The van der Waals surface area contributed by atoms with Crippen molar-refractivity contribution in [3.63, 3.8) is 0 Å². The molecule has 5 rings (SSSR count). The lowest BCUT2D eigenvalue weighted by Crippen LogP contribution is -2.61. The van der Waals surface area contributed by atoms with Crippen molar-refractivity contribution in [3.8, 4) is 22.8 Å². The molecule has 0 aliphatic carbocycles. The highest BCUT2D eigenvalue weighted by atomic mass is 16.5. The minimum atomic E-state index is -0.0236. The number of rotatable bonds is 4. The minimum absolute atomic E-state index is 0.0236. The molecule has 1 aromatic carbocycles. The molecule has 2 amide bonds. The number of piperidine rings is 3. The molecule has 4 heterocycles. The number of aromatic nitrogens is 2. The molecule has 3 fully saturated rings. The number of nitrogens with one attached hydrogen (secondary N) is 1. The van der Waals surface area contributed by atoms with Crippen LogP contribution in [0.2, 0.25) is 0 Å². The topological polar surface area (TPSA) is 87.8 Å². The molecule has 3 aliphatic rings. The van der Waals surface area contributed by atoms with Gasteiger partial charge in [0.1, 0.15) is 5.69 Å². The Morgan fingerprint density at radius 2 is 1.97 bits per heavy atom. The predicted molar refractivity (Wildman–Crippen MR) is 114 cm³/mol. The number of aromatic amines is 1. The van der Waals surface area contributed by atoms with Gasteiger partial charge in [-0.1, -0.05) is 0 Å². The largest absolute Gasteiger partial charge is 0.493 e. The zero-order valence-corrected chi connectivity index (χ0v) is 18.0. The lowest BCUT2D eigenvalue weighted by atomic mass is 9.76. The van der Waals surface area contributed by atoms with E-state index in [0.29, 0.717) is 60.1 Å². The van der Waals surface area contributed by atoms with Gasteiger partial charge in [0.15, 0.2) is 11.5 Å². The number of nitrogens with zero attached hydrogens (tertiary/aromatic N) is 3. The average molecular weight is 425 g/mol. The van der Waals surface area contributed by atoms with Crippen molar-refractivity contribution in [1.29, 1.82) is 0 Å². The Balaban J connectivity index is 1.33. The molecular weight excluding hydrogens is 396 g/mol. The van der Waals surface area contributed by atoms with Crippen LogP contribution in [-0.2, 0) is 4.79 Å². The van der Waals surface area contributed by atoms with Crippen molar-refractivity contribution in [2.45, 2.75) is 31.7 Å². The first-order chi connectivity index (χ1) is 15.1. The van der Waals surface area contributed by atoms with E-state index in [1.165, 1.54) is 0 Å². The summed E-state index contributed by atoms with van der Waals surface area (Å²) in [5.41, 5.74) is 2.02. The Hall–Kier alpha value is -3.03. The molecule has 164 valence electrons. The van der Waals surface area contributed by atoms with Gasteiger partial charge < -0.3 is 19.3 Å². The summed E-state index contributed by atoms with van der Waals surface area (Å²) in [7, 11) is 3.19. The Morgan fingerprint density at radius 3 is 2.77 bits per heavy atom. The second kappa shape index (κ2) is 7.90. The molecule has 31 heavy (non-hydrogen) atoms. The number of carbonyl (C=O) groups excluding carboxylic acids is 2. The Kier molecular flexibility index (Phi) is 5.08. The van der Waals surface area contributed by atoms with E-state index in [0.717, 1.165) is 31.4 Å². The van der Waals surface area contributed by atoms with Crippen LogP contribution in [0.4, 0.5) is 0 Å². The molecule has 8 nitrogen and oxygen atoms in total. The highest BCUT2D eigenvalue weighted by Gasteiger charge is 2.45. The van der Waals surface area contributed by atoms with Crippen molar-refractivity contribution >= 4 is 11.8 Å². The summed E-state index contributed by atoms with van der Waals surface area (Å²) >= 11 is 0. The van der Waals surface area contributed by atoms with Crippen molar-refractivity contribution in [1.82, 2.24) is 20.0 Å². The van der Waals surface area contributed by atoms with Crippen molar-refractivity contribution in [2.24, 2.45) is 11.8 Å². The maximum absolute atomic E-state index is 13.3. The van der Waals surface area contributed by atoms with E-state index < -0.39 is 0 Å². The fourth-order valence-electron chi connectivity index (χ4n) is 5.52. The average Bonchev–Trinajstić information content (AvgIpc) is 3.29. The van der Waals surface area contributed by atoms with Crippen LogP contribution in [0.15, 0.2) is 24.3 Å². The van der Waals surface area contributed by atoms with Crippen LogP contribution in [0.1, 0.15) is 36.2 Å². The quantitative estimate of drug-likeness (QED) is 0.815. The zero-order chi connectivity index (χ0) is 21.5. The van der Waals surface area contributed by atoms with Gasteiger partial charge in [-0.05, 0) is 55.4 Å². The number of amides is 2. The molecule has 3 saturated heterocycles. The van der Waals surface area contributed by atoms with Gasteiger partial charge in [0.05, 0.1) is 19.9 Å². The van der Waals surface area contributed by atoms with E-state index in [2.05, 4.69) is 15.1 Å². The fraction of sp³-hybridized carbons (Fsp3) is 0.522. The summed E-state index contributed by atoms with van der Waals surface area (Å²) in [4.78, 5) is 29.6. The lowest BCUT2D eigenvalue weighted by Gasteiger charge is -2.52. The number of hydrogen-bond donors (Lipinski definition) is 1. The van der Waals surface area contributed by atoms with Gasteiger partial charge in [-0.3, -0.25) is 14.7 Å². The minimum Gasteiger partial charge on any atom is -0.493 e. The van der Waals surface area contributed by atoms with Crippen molar-refractivity contribution in [3.05, 3.63) is 30.0 Å². The molecule has 1 aromatic heterocycles. The third-order valence-electron chi connectivity index (χ3n) is 6.95. The number of fused-ring (bicyclic) bond motifs is 4. The van der Waals surface area contributed by atoms with E-state index in [1.54, 1.807) is 20.3 Å². The summed E-state index contributed by atoms with van der Waals surface area (Å²) in [5, 5.41) is 7.28. The first-order valence-corrected chi connectivity index (χ1v) is 10.9. The third kappa shape index (κ3) is 3.54. The van der Waals surface area contributed by atoms with Crippen LogP contribution >= 0.6 is 0 Å². The molecule has 3 aliphatic heterocycles. The number of benzene rings is 1. The van der Waals surface area contributed by atoms with E-state index in [4.69, 9.17) is 9.47 Å². The van der Waals surface area contributed by atoms with Crippen molar-refractivity contribution in [2.75, 3.05) is 33.9 Å². The van der Waals surface area contributed by atoms with Crippen molar-refractivity contribution < 1.29 is 19.1 Å². The number of likely N-dealkylation sites (tertiary alicyclic amines) is 1. The number of carbonyl (C=O) groups is 2. The normalized spacial score (nSPS) is 25.2. The molecule has 0 unspecified atom stereocenters. The first-order valence-electron chi connectivity index (χ1n) is 10.9. The highest BCUT2D eigenvalue weighted by molar-refractivity contribution is 5.93. The van der Waals surface area contributed by atoms with Crippen LogP contribution in [-0.4, -0.2) is 71.7 Å². The number of hydrogen-bond acceptors (Lipinski definition) is 5. The Morgan fingerprint density at radius 1 is 1.13 bits per heavy atom. The zero-order valence-electron chi connectivity index (χ0n) is 18.0. The summed E-state index contributed by atoms with van der Waals surface area (Å²) in [5.74, 6) is 2.26. The maximum atomic E-state index is 13.3. The third-order valence-corrected chi connectivity index (χ3v) is 6.95. The molecule has 2 bridgehead atoms. The lowest BCUT2D eigenvalue weighted by molar-refractivity contribution is -0.144. The molecular formula is C23H28N4O4. The molecule has 0 radical (unpaired) electrons. The van der Waals surface area contributed by atoms with Crippen LogP contribution in [0.3, 0.4) is 0 Å². The van der Waals surface area contributed by atoms with E-state index in [9.17, 15) is 9.59 Å². The molecule has 1 N–H and O–H groups in total. The second-order valence-corrected chi connectivity index (χ2v) is 8.81. The first kappa shape index (κ1) is 19.9. The van der Waals surface area contributed by atoms with Gasteiger partial charge in [0, 0.05) is 37.7 Å².